The van der Waals surface area contributed by atoms with Gasteiger partial charge >= 0.3 is 0 Å². The summed E-state index contributed by atoms with van der Waals surface area (Å²) in [7, 11) is 0. The summed E-state index contributed by atoms with van der Waals surface area (Å²) >= 11 is 0. The average Bonchev–Trinajstić information content (AvgIpc) is 2.03. The van der Waals surface area contributed by atoms with Crippen LogP contribution in [0.15, 0.2) is 0 Å². The van der Waals surface area contributed by atoms with Gasteiger partial charge in [-0.15, -0.1) is 24.7 Å². The van der Waals surface area contributed by atoms with Crippen molar-refractivity contribution in [2.45, 2.75) is 19.3 Å². The molecule has 0 bridgehead atoms. The lowest BCUT2D eigenvalue weighted by molar-refractivity contribution is -0.121. The SMILES string of the molecule is C#CC1CC(=O)CC(C#C)C1. The lowest BCUT2D eigenvalue weighted by Crippen LogP contribution is -2.20. The molecule has 1 heteroatoms. The Bertz CT molecular complexity index is 215. The molecule has 1 fully saturated rings. The van der Waals surface area contributed by atoms with E-state index in [4.69, 9.17) is 12.8 Å². The third kappa shape index (κ3) is 1.85. The van der Waals surface area contributed by atoms with E-state index in [1.54, 1.807) is 0 Å². The molecule has 0 aromatic rings. The molecule has 11 heavy (non-hydrogen) atoms. The van der Waals surface area contributed by atoms with Crippen LogP contribution in [0.2, 0.25) is 0 Å². The van der Waals surface area contributed by atoms with Gasteiger partial charge in [0.1, 0.15) is 5.78 Å². The van der Waals surface area contributed by atoms with Crippen molar-refractivity contribution < 1.29 is 4.79 Å². The number of carbonyl (C=O) groups is 1. The van der Waals surface area contributed by atoms with E-state index in [0.717, 1.165) is 6.42 Å². The number of carbonyl (C=O) groups excluding carboxylic acids is 1. The summed E-state index contributed by atoms with van der Waals surface area (Å²) in [6.45, 7) is 0. The molecule has 0 N–H and O–H groups in total. The number of rotatable bonds is 0. The maximum atomic E-state index is 11.0. The van der Waals surface area contributed by atoms with E-state index in [0.29, 0.717) is 12.8 Å². The minimum absolute atomic E-state index is 0.0808. The second kappa shape index (κ2) is 3.26. The highest BCUT2D eigenvalue weighted by Gasteiger charge is 2.24. The van der Waals surface area contributed by atoms with Gasteiger partial charge in [0, 0.05) is 24.7 Å². The van der Waals surface area contributed by atoms with Crippen LogP contribution in [0.4, 0.5) is 0 Å². The van der Waals surface area contributed by atoms with Crippen molar-refractivity contribution in [3.8, 4) is 24.7 Å². The first kappa shape index (κ1) is 7.89. The second-order valence-electron chi connectivity index (χ2n) is 2.91. The maximum absolute atomic E-state index is 11.0. The van der Waals surface area contributed by atoms with Gasteiger partial charge in [-0.25, -0.2) is 0 Å². The Kier molecular flexibility index (Phi) is 2.34. The molecule has 0 heterocycles. The van der Waals surface area contributed by atoms with Crippen LogP contribution in [0.5, 0.6) is 0 Å². The summed E-state index contributed by atoms with van der Waals surface area (Å²) in [6.07, 6.45) is 12.3. The van der Waals surface area contributed by atoms with Gasteiger partial charge in [-0.1, -0.05) is 0 Å². The predicted molar refractivity (Wildman–Crippen MR) is 43.5 cm³/mol. The van der Waals surface area contributed by atoms with Gasteiger partial charge in [-0.05, 0) is 6.42 Å². The van der Waals surface area contributed by atoms with Gasteiger partial charge in [0.2, 0.25) is 0 Å². The fraction of sp³-hybridized carbons (Fsp3) is 0.500. The number of Topliss-reactive ketones (excluding diaryl/α,β-unsaturated/α-hetero) is 1. The van der Waals surface area contributed by atoms with E-state index in [1.807, 2.05) is 0 Å². The molecule has 1 aliphatic rings. The first-order valence-corrected chi connectivity index (χ1v) is 3.70. The zero-order chi connectivity index (χ0) is 8.27. The Morgan fingerprint density at radius 2 is 1.64 bits per heavy atom. The Labute approximate surface area is 67.2 Å². The summed E-state index contributed by atoms with van der Waals surface area (Å²) in [5.41, 5.74) is 0. The average molecular weight is 146 g/mol. The molecule has 1 nitrogen and oxygen atoms in total. The molecule has 0 amide bonds. The highest BCUT2D eigenvalue weighted by Crippen LogP contribution is 2.25. The van der Waals surface area contributed by atoms with Crippen LogP contribution in [-0.4, -0.2) is 5.78 Å². The molecular weight excluding hydrogens is 136 g/mol. The van der Waals surface area contributed by atoms with E-state index in [-0.39, 0.29) is 17.6 Å². The maximum Gasteiger partial charge on any atom is 0.135 e. The van der Waals surface area contributed by atoms with E-state index in [9.17, 15) is 4.79 Å². The number of ketones is 1. The van der Waals surface area contributed by atoms with Gasteiger partial charge in [0.25, 0.3) is 0 Å². The van der Waals surface area contributed by atoms with Crippen LogP contribution >= 0.6 is 0 Å². The molecule has 0 radical (unpaired) electrons. The number of hydrogen-bond donors (Lipinski definition) is 0. The van der Waals surface area contributed by atoms with Gasteiger partial charge in [-0.2, -0.15) is 0 Å². The summed E-state index contributed by atoms with van der Waals surface area (Å²) in [5, 5.41) is 0. The molecule has 1 rings (SSSR count). The topological polar surface area (TPSA) is 17.1 Å². The first-order valence-electron chi connectivity index (χ1n) is 3.70. The van der Waals surface area contributed by atoms with Crippen LogP contribution in [0.25, 0.3) is 0 Å². The van der Waals surface area contributed by atoms with Crippen molar-refractivity contribution in [1.29, 1.82) is 0 Å². The van der Waals surface area contributed by atoms with E-state index in [2.05, 4.69) is 11.8 Å². The number of terminal acetylenes is 2. The summed E-state index contributed by atoms with van der Waals surface area (Å²) in [6, 6.07) is 0. The Balaban J connectivity index is 2.61. The Hall–Kier alpha value is -1.21. The van der Waals surface area contributed by atoms with Crippen LogP contribution in [0.3, 0.4) is 0 Å². The van der Waals surface area contributed by atoms with Crippen molar-refractivity contribution in [3.05, 3.63) is 0 Å². The van der Waals surface area contributed by atoms with Crippen molar-refractivity contribution in [2.75, 3.05) is 0 Å². The van der Waals surface area contributed by atoms with Crippen LogP contribution in [0, 0.1) is 36.5 Å². The molecule has 0 aromatic carbocycles. The predicted octanol–water partition coefficient (Wildman–Crippen LogP) is 1.24. The van der Waals surface area contributed by atoms with E-state index < -0.39 is 0 Å². The third-order valence-electron chi connectivity index (χ3n) is 1.99. The molecule has 0 saturated heterocycles. The molecule has 2 atom stereocenters. The molecule has 2 unspecified atom stereocenters. The van der Waals surface area contributed by atoms with Gasteiger partial charge < -0.3 is 0 Å². The quantitative estimate of drug-likeness (QED) is 0.470. The molecule has 1 saturated carbocycles. The van der Waals surface area contributed by atoms with Gasteiger partial charge in [0.15, 0.2) is 0 Å². The van der Waals surface area contributed by atoms with Crippen molar-refractivity contribution in [3.63, 3.8) is 0 Å². The largest absolute Gasteiger partial charge is 0.300 e. The van der Waals surface area contributed by atoms with E-state index in [1.165, 1.54) is 0 Å². The van der Waals surface area contributed by atoms with Crippen molar-refractivity contribution in [2.24, 2.45) is 11.8 Å². The molecule has 0 spiro atoms. The molecular formula is C10H10O. The normalized spacial score (nSPS) is 30.5. The van der Waals surface area contributed by atoms with E-state index >= 15 is 0 Å². The monoisotopic (exact) mass is 146 g/mol. The molecule has 1 aliphatic carbocycles. The molecule has 0 aliphatic heterocycles. The van der Waals surface area contributed by atoms with Crippen molar-refractivity contribution in [1.82, 2.24) is 0 Å². The fourth-order valence-corrected chi connectivity index (χ4v) is 1.40. The molecule has 0 aromatic heterocycles. The smallest absolute Gasteiger partial charge is 0.135 e. The highest BCUT2D eigenvalue weighted by atomic mass is 16.1. The van der Waals surface area contributed by atoms with Crippen LogP contribution in [0.1, 0.15) is 19.3 Å². The lowest BCUT2D eigenvalue weighted by Gasteiger charge is -2.20. The van der Waals surface area contributed by atoms with Gasteiger partial charge in [0.05, 0.1) is 0 Å². The van der Waals surface area contributed by atoms with Crippen LogP contribution in [-0.2, 0) is 4.79 Å². The highest BCUT2D eigenvalue weighted by molar-refractivity contribution is 5.80. The van der Waals surface area contributed by atoms with Crippen molar-refractivity contribution >= 4 is 5.78 Å². The number of hydrogen-bond acceptors (Lipinski definition) is 1. The molecule has 56 valence electrons. The summed E-state index contributed by atoms with van der Waals surface area (Å²) < 4.78 is 0. The fourth-order valence-electron chi connectivity index (χ4n) is 1.40. The van der Waals surface area contributed by atoms with Crippen LogP contribution < -0.4 is 0 Å². The first-order chi connectivity index (χ1) is 5.26. The Morgan fingerprint density at radius 3 is 2.00 bits per heavy atom. The Morgan fingerprint density at radius 1 is 1.18 bits per heavy atom. The van der Waals surface area contributed by atoms with Gasteiger partial charge in [-0.3, -0.25) is 4.79 Å². The zero-order valence-electron chi connectivity index (χ0n) is 6.34. The second-order valence-corrected chi connectivity index (χ2v) is 2.91. The summed E-state index contributed by atoms with van der Waals surface area (Å²) in [4.78, 5) is 11.0. The summed E-state index contributed by atoms with van der Waals surface area (Å²) in [5.74, 6) is 5.54. The minimum atomic E-state index is 0.0808. The third-order valence-corrected chi connectivity index (χ3v) is 1.99. The standard InChI is InChI=1S/C10H10O/c1-3-8-5-9(4-2)7-10(11)6-8/h1-2,8-9H,5-7H2. The lowest BCUT2D eigenvalue weighted by atomic mass is 9.81. The minimum Gasteiger partial charge on any atom is -0.300 e. The zero-order valence-corrected chi connectivity index (χ0v) is 6.34.